The molecule has 3 aromatic rings. The van der Waals surface area contributed by atoms with Gasteiger partial charge in [0.05, 0.1) is 4.90 Å². The van der Waals surface area contributed by atoms with Gasteiger partial charge in [0, 0.05) is 31.6 Å². The van der Waals surface area contributed by atoms with Crippen molar-refractivity contribution < 1.29 is 13.2 Å². The zero-order valence-electron chi connectivity index (χ0n) is 16.6. The van der Waals surface area contributed by atoms with Crippen molar-refractivity contribution in [3.8, 4) is 23.5 Å². The van der Waals surface area contributed by atoms with Crippen LogP contribution in [-0.2, 0) is 16.4 Å². The topological polar surface area (TPSA) is 79.4 Å². The van der Waals surface area contributed by atoms with Crippen LogP contribution in [0.25, 0.3) is 11.1 Å². The second kappa shape index (κ2) is 9.22. The van der Waals surface area contributed by atoms with Gasteiger partial charge in [0.15, 0.2) is 5.01 Å². The number of rotatable bonds is 7. The van der Waals surface area contributed by atoms with Crippen LogP contribution in [0.5, 0.6) is 0 Å². The Morgan fingerprint density at radius 2 is 1.87 bits per heavy atom. The highest BCUT2D eigenvalue weighted by Gasteiger charge is 2.21. The van der Waals surface area contributed by atoms with Crippen molar-refractivity contribution in [2.75, 3.05) is 20.6 Å². The zero-order chi connectivity index (χ0) is 21.7. The highest BCUT2D eigenvalue weighted by Crippen LogP contribution is 2.28. The summed E-state index contributed by atoms with van der Waals surface area (Å²) in [7, 11) is -0.515. The van der Waals surface area contributed by atoms with E-state index >= 15 is 0 Å². The zero-order valence-corrected chi connectivity index (χ0v) is 18.3. The first-order valence-corrected chi connectivity index (χ1v) is 11.5. The molecule has 0 spiro atoms. The third kappa shape index (κ3) is 4.76. The molecule has 1 heterocycles. The van der Waals surface area contributed by atoms with Crippen molar-refractivity contribution in [3.63, 3.8) is 0 Å². The van der Waals surface area contributed by atoms with Crippen LogP contribution < -0.4 is 5.32 Å². The molecule has 8 heteroatoms. The quantitative estimate of drug-likeness (QED) is 0.574. The van der Waals surface area contributed by atoms with Gasteiger partial charge in [-0.25, -0.2) is 17.7 Å². The molecule has 0 aliphatic rings. The summed E-state index contributed by atoms with van der Waals surface area (Å²) in [6.45, 7) is 0.451. The Kier molecular flexibility index (Phi) is 6.67. The molecule has 0 bridgehead atoms. The van der Waals surface area contributed by atoms with Gasteiger partial charge < -0.3 is 5.32 Å². The van der Waals surface area contributed by atoms with Crippen LogP contribution in [0.2, 0.25) is 0 Å². The first kappa shape index (κ1) is 21.7. The van der Waals surface area contributed by atoms with Crippen molar-refractivity contribution in [1.29, 1.82) is 0 Å². The predicted octanol–water partition coefficient (Wildman–Crippen LogP) is 3.01. The molecule has 0 saturated carbocycles. The number of sulfonamides is 1. The lowest BCUT2D eigenvalue weighted by atomic mass is 10.0. The van der Waals surface area contributed by atoms with Gasteiger partial charge in [0.2, 0.25) is 10.0 Å². The summed E-state index contributed by atoms with van der Waals surface area (Å²) in [5.41, 5.74) is 2.81. The maximum Gasteiger partial charge on any atom is 0.270 e. The van der Waals surface area contributed by atoms with Crippen molar-refractivity contribution >= 4 is 27.3 Å². The van der Waals surface area contributed by atoms with Crippen LogP contribution in [0.3, 0.4) is 0 Å². The first-order valence-electron chi connectivity index (χ1n) is 9.14. The molecule has 0 radical (unpaired) electrons. The lowest BCUT2D eigenvalue weighted by Crippen LogP contribution is -2.26. The number of hydrogen-bond donors (Lipinski definition) is 1. The number of benzene rings is 2. The summed E-state index contributed by atoms with van der Waals surface area (Å²) in [4.78, 5) is 16.4. The average Bonchev–Trinajstić information content (AvgIpc) is 3.23. The highest BCUT2D eigenvalue weighted by atomic mass is 32.2. The number of aromatic nitrogens is 1. The Hall–Kier alpha value is -2.99. The monoisotopic (exact) mass is 439 g/mol. The summed E-state index contributed by atoms with van der Waals surface area (Å²) in [6.07, 6.45) is 5.91. The van der Waals surface area contributed by atoms with Crippen molar-refractivity contribution in [2.24, 2.45) is 0 Å². The molecular weight excluding hydrogens is 418 g/mol. The predicted molar refractivity (Wildman–Crippen MR) is 119 cm³/mol. The molecule has 1 N–H and O–H groups in total. The standard InChI is InChI=1S/C22H21N3O3S2/c1-4-21-24-19(15-29-21)22(26)23-14-13-16-9-11-17(12-10-16)18-7-5-6-8-20(18)30(27,28)25(2)3/h1,5-12,15H,13-14H2,2-3H3,(H,23,26). The molecule has 0 atom stereocenters. The van der Waals surface area contributed by atoms with Gasteiger partial charge in [0.1, 0.15) is 5.69 Å². The molecule has 2 aromatic carbocycles. The van der Waals surface area contributed by atoms with E-state index in [1.165, 1.54) is 29.7 Å². The number of terminal acetylenes is 1. The molecule has 0 aliphatic carbocycles. The van der Waals surface area contributed by atoms with Crippen LogP contribution in [0.1, 0.15) is 21.1 Å². The molecule has 3 rings (SSSR count). The number of nitrogens with zero attached hydrogens (tertiary/aromatic N) is 2. The minimum absolute atomic E-state index is 0.257. The number of carbonyl (C=O) groups excluding carboxylic acids is 1. The molecule has 1 aromatic heterocycles. The number of amides is 1. The fourth-order valence-corrected chi connectivity index (χ4v) is 4.54. The molecule has 6 nitrogen and oxygen atoms in total. The Morgan fingerprint density at radius 1 is 1.17 bits per heavy atom. The van der Waals surface area contributed by atoms with Gasteiger partial charge in [-0.05, 0) is 29.5 Å². The highest BCUT2D eigenvalue weighted by molar-refractivity contribution is 7.89. The molecule has 0 aliphatic heterocycles. The Bertz CT molecular complexity index is 1190. The maximum absolute atomic E-state index is 12.6. The van der Waals surface area contributed by atoms with E-state index in [-0.39, 0.29) is 10.8 Å². The summed E-state index contributed by atoms with van der Waals surface area (Å²) in [6, 6.07) is 14.6. The number of nitrogens with one attached hydrogen (secondary N) is 1. The van der Waals surface area contributed by atoms with Gasteiger partial charge in [-0.3, -0.25) is 4.79 Å². The van der Waals surface area contributed by atoms with E-state index < -0.39 is 10.0 Å². The van der Waals surface area contributed by atoms with Crippen LogP contribution >= 0.6 is 11.3 Å². The molecule has 0 unspecified atom stereocenters. The Morgan fingerprint density at radius 3 is 2.50 bits per heavy atom. The smallest absolute Gasteiger partial charge is 0.270 e. The van der Waals surface area contributed by atoms with Gasteiger partial charge in [0.25, 0.3) is 5.91 Å². The molecule has 154 valence electrons. The van der Waals surface area contributed by atoms with E-state index in [2.05, 4.69) is 16.2 Å². The molecule has 0 saturated heterocycles. The fourth-order valence-electron chi connectivity index (χ4n) is 2.83. The lowest BCUT2D eigenvalue weighted by molar-refractivity contribution is 0.0950. The average molecular weight is 440 g/mol. The second-order valence-electron chi connectivity index (χ2n) is 6.67. The summed E-state index contributed by atoms with van der Waals surface area (Å²) in [5.74, 6) is 2.15. The third-order valence-corrected chi connectivity index (χ3v) is 7.12. The van der Waals surface area contributed by atoms with E-state index in [9.17, 15) is 13.2 Å². The third-order valence-electron chi connectivity index (χ3n) is 4.47. The summed E-state index contributed by atoms with van der Waals surface area (Å²) < 4.78 is 26.4. The first-order chi connectivity index (χ1) is 14.3. The van der Waals surface area contributed by atoms with Crippen molar-refractivity contribution in [2.45, 2.75) is 11.3 Å². The minimum Gasteiger partial charge on any atom is -0.350 e. The summed E-state index contributed by atoms with van der Waals surface area (Å²) >= 11 is 1.26. The number of carbonyl (C=O) groups is 1. The summed E-state index contributed by atoms with van der Waals surface area (Å²) in [5, 5.41) is 4.94. The normalized spacial score (nSPS) is 11.3. The van der Waals surface area contributed by atoms with E-state index in [1.54, 1.807) is 23.6 Å². The largest absolute Gasteiger partial charge is 0.350 e. The molecule has 0 fully saturated rings. The Labute approximate surface area is 180 Å². The maximum atomic E-state index is 12.6. The van der Waals surface area contributed by atoms with Crippen LogP contribution in [-0.4, -0.2) is 44.3 Å². The lowest BCUT2D eigenvalue weighted by Gasteiger charge is -2.15. The van der Waals surface area contributed by atoms with E-state index in [0.717, 1.165) is 11.1 Å². The van der Waals surface area contributed by atoms with Crippen molar-refractivity contribution in [3.05, 3.63) is 70.2 Å². The van der Waals surface area contributed by atoms with Gasteiger partial charge in [-0.15, -0.1) is 17.8 Å². The van der Waals surface area contributed by atoms with E-state index in [0.29, 0.717) is 29.2 Å². The van der Waals surface area contributed by atoms with Gasteiger partial charge in [-0.2, -0.15) is 0 Å². The fraction of sp³-hybridized carbons (Fsp3) is 0.182. The minimum atomic E-state index is -3.55. The van der Waals surface area contributed by atoms with Crippen LogP contribution in [0.15, 0.2) is 58.8 Å². The van der Waals surface area contributed by atoms with Crippen molar-refractivity contribution in [1.82, 2.24) is 14.6 Å². The van der Waals surface area contributed by atoms with E-state index in [1.807, 2.05) is 30.3 Å². The van der Waals surface area contributed by atoms with Crippen LogP contribution in [0, 0.1) is 12.3 Å². The van der Waals surface area contributed by atoms with E-state index in [4.69, 9.17) is 6.42 Å². The van der Waals surface area contributed by atoms with Crippen LogP contribution in [0.4, 0.5) is 0 Å². The Balaban J connectivity index is 1.68. The second-order valence-corrected chi connectivity index (χ2v) is 9.65. The molecule has 1 amide bonds. The van der Waals surface area contributed by atoms with Gasteiger partial charge in [-0.1, -0.05) is 42.5 Å². The number of thiazole rings is 1. The SMILES string of the molecule is C#Cc1nc(C(=O)NCCc2ccc(-c3ccccc3S(=O)(=O)N(C)C)cc2)cs1. The number of hydrogen-bond acceptors (Lipinski definition) is 5. The molecular formula is C22H21N3O3S2. The van der Waals surface area contributed by atoms with Gasteiger partial charge >= 0.3 is 0 Å². The molecule has 30 heavy (non-hydrogen) atoms.